The van der Waals surface area contributed by atoms with Gasteiger partial charge in [-0.3, -0.25) is 4.90 Å². The lowest BCUT2D eigenvalue weighted by atomic mass is 9.80. The third-order valence-electron chi connectivity index (χ3n) is 5.17. The average molecular weight is 272 g/mol. The van der Waals surface area contributed by atoms with Gasteiger partial charge in [0.2, 0.25) is 0 Å². The number of hydrogen-bond donors (Lipinski definition) is 1. The summed E-state index contributed by atoms with van der Waals surface area (Å²) >= 11 is 0. The molecule has 0 bridgehead atoms. The molecule has 1 aromatic rings. The molecule has 1 atom stereocenters. The first-order chi connectivity index (χ1) is 9.77. The van der Waals surface area contributed by atoms with E-state index >= 15 is 0 Å². The molecule has 1 saturated carbocycles. The summed E-state index contributed by atoms with van der Waals surface area (Å²) < 4.78 is 0. The number of benzene rings is 1. The van der Waals surface area contributed by atoms with Gasteiger partial charge in [-0.25, -0.2) is 0 Å². The molecule has 2 heteroatoms. The van der Waals surface area contributed by atoms with E-state index in [9.17, 15) is 0 Å². The van der Waals surface area contributed by atoms with Crippen molar-refractivity contribution >= 4 is 0 Å². The molecule has 0 radical (unpaired) electrons. The van der Waals surface area contributed by atoms with E-state index in [1.54, 1.807) is 0 Å². The molecular weight excluding hydrogens is 244 g/mol. The average Bonchev–Trinajstić information content (AvgIpc) is 2.49. The molecule has 0 aromatic heterocycles. The first kappa shape index (κ1) is 14.1. The Balaban J connectivity index is 1.60. The van der Waals surface area contributed by atoms with E-state index in [2.05, 4.69) is 47.5 Å². The van der Waals surface area contributed by atoms with Gasteiger partial charge in [-0.2, -0.15) is 0 Å². The molecule has 20 heavy (non-hydrogen) atoms. The van der Waals surface area contributed by atoms with Crippen LogP contribution in [0.15, 0.2) is 30.3 Å². The van der Waals surface area contributed by atoms with E-state index in [0.717, 1.165) is 0 Å². The molecule has 3 rings (SSSR count). The Labute approximate surface area is 123 Å². The second kappa shape index (κ2) is 6.28. The number of piperazine rings is 1. The third kappa shape index (κ3) is 3.24. The molecule has 1 aliphatic heterocycles. The largest absolute Gasteiger partial charge is 0.309 e. The van der Waals surface area contributed by atoms with Gasteiger partial charge >= 0.3 is 0 Å². The smallest absolute Gasteiger partial charge is 0.0309 e. The van der Waals surface area contributed by atoms with E-state index < -0.39 is 0 Å². The fraction of sp³-hybridized carbons (Fsp3) is 0.667. The molecule has 1 spiro atoms. The molecule has 1 N–H and O–H groups in total. The first-order valence-electron chi connectivity index (χ1n) is 8.30. The van der Waals surface area contributed by atoms with E-state index in [-0.39, 0.29) is 0 Å². The highest BCUT2D eigenvalue weighted by Crippen LogP contribution is 2.31. The molecular formula is C18H28N2. The zero-order valence-corrected chi connectivity index (χ0v) is 12.8. The van der Waals surface area contributed by atoms with Crippen LogP contribution in [0.2, 0.25) is 0 Å². The molecule has 1 saturated heterocycles. The quantitative estimate of drug-likeness (QED) is 0.907. The molecule has 1 aliphatic carbocycles. The van der Waals surface area contributed by atoms with Crippen LogP contribution >= 0.6 is 0 Å². The van der Waals surface area contributed by atoms with Crippen LogP contribution in [0.1, 0.15) is 50.5 Å². The maximum absolute atomic E-state index is 3.84. The van der Waals surface area contributed by atoms with Crippen LogP contribution in [0, 0.1) is 0 Å². The van der Waals surface area contributed by atoms with Crippen LogP contribution in [0.5, 0.6) is 0 Å². The van der Waals surface area contributed by atoms with Crippen molar-refractivity contribution in [1.29, 1.82) is 0 Å². The third-order valence-corrected chi connectivity index (χ3v) is 5.17. The monoisotopic (exact) mass is 272 g/mol. The van der Waals surface area contributed by atoms with Gasteiger partial charge in [-0.05, 0) is 24.3 Å². The summed E-state index contributed by atoms with van der Waals surface area (Å²) in [6.07, 6.45) is 7.01. The summed E-state index contributed by atoms with van der Waals surface area (Å²) in [6.45, 7) is 7.20. The zero-order chi connectivity index (χ0) is 13.8. The Morgan fingerprint density at radius 1 is 1.15 bits per heavy atom. The van der Waals surface area contributed by atoms with Gasteiger partial charge in [-0.1, -0.05) is 56.5 Å². The van der Waals surface area contributed by atoms with Gasteiger partial charge in [-0.15, -0.1) is 0 Å². The van der Waals surface area contributed by atoms with Crippen LogP contribution in [-0.4, -0.2) is 36.6 Å². The van der Waals surface area contributed by atoms with Gasteiger partial charge < -0.3 is 5.32 Å². The summed E-state index contributed by atoms with van der Waals surface area (Å²) in [5, 5.41) is 3.84. The van der Waals surface area contributed by atoms with Crippen molar-refractivity contribution in [3.8, 4) is 0 Å². The van der Waals surface area contributed by atoms with Crippen molar-refractivity contribution < 1.29 is 0 Å². The highest BCUT2D eigenvalue weighted by Gasteiger charge is 2.36. The summed E-state index contributed by atoms with van der Waals surface area (Å²) in [5.41, 5.74) is 1.91. The van der Waals surface area contributed by atoms with Crippen LogP contribution in [0.25, 0.3) is 0 Å². The summed E-state index contributed by atoms with van der Waals surface area (Å²) in [7, 11) is 0. The minimum Gasteiger partial charge on any atom is -0.309 e. The second-order valence-electron chi connectivity index (χ2n) is 6.81. The van der Waals surface area contributed by atoms with Crippen LogP contribution < -0.4 is 5.32 Å². The minimum absolute atomic E-state index is 0.437. The number of rotatable bonds is 3. The molecule has 2 nitrogen and oxygen atoms in total. The molecule has 110 valence electrons. The minimum atomic E-state index is 0.437. The Hall–Kier alpha value is -0.860. The predicted molar refractivity (Wildman–Crippen MR) is 85.1 cm³/mol. The zero-order valence-electron chi connectivity index (χ0n) is 12.8. The van der Waals surface area contributed by atoms with Gasteiger partial charge in [0.05, 0.1) is 0 Å². The van der Waals surface area contributed by atoms with Crippen molar-refractivity contribution in [1.82, 2.24) is 10.2 Å². The van der Waals surface area contributed by atoms with Gasteiger partial charge in [0.25, 0.3) is 0 Å². The Morgan fingerprint density at radius 2 is 1.90 bits per heavy atom. The molecule has 1 aromatic carbocycles. The highest BCUT2D eigenvalue weighted by molar-refractivity contribution is 5.19. The van der Waals surface area contributed by atoms with Gasteiger partial charge in [0.1, 0.15) is 0 Å². The SMILES string of the molecule is CC(CN1CCNC2(CCCCC2)C1)c1ccccc1. The lowest BCUT2D eigenvalue weighted by molar-refractivity contribution is 0.0959. The summed E-state index contributed by atoms with van der Waals surface area (Å²) in [5.74, 6) is 0.634. The molecule has 2 fully saturated rings. The number of nitrogens with zero attached hydrogens (tertiary/aromatic N) is 1. The van der Waals surface area contributed by atoms with Gasteiger partial charge in [0.15, 0.2) is 0 Å². The summed E-state index contributed by atoms with van der Waals surface area (Å²) in [6, 6.07) is 11.0. The Bertz CT molecular complexity index is 403. The van der Waals surface area contributed by atoms with Crippen molar-refractivity contribution in [2.75, 3.05) is 26.2 Å². The lowest BCUT2D eigenvalue weighted by Gasteiger charge is -2.46. The standard InChI is InChI=1S/C18H28N2/c1-16(17-8-4-2-5-9-17)14-20-13-12-19-18(15-20)10-6-3-7-11-18/h2,4-5,8-9,16,19H,3,6-7,10-15H2,1H3. The Morgan fingerprint density at radius 3 is 2.65 bits per heavy atom. The second-order valence-corrected chi connectivity index (χ2v) is 6.81. The topological polar surface area (TPSA) is 15.3 Å². The van der Waals surface area contributed by atoms with E-state index in [0.29, 0.717) is 11.5 Å². The fourth-order valence-electron chi connectivity index (χ4n) is 4.04. The number of hydrogen-bond acceptors (Lipinski definition) is 2. The van der Waals surface area contributed by atoms with Crippen LogP contribution in [0.4, 0.5) is 0 Å². The van der Waals surface area contributed by atoms with Crippen LogP contribution in [0.3, 0.4) is 0 Å². The predicted octanol–water partition coefficient (Wildman–Crippen LogP) is 3.40. The number of nitrogens with one attached hydrogen (secondary N) is 1. The maximum atomic E-state index is 3.84. The van der Waals surface area contributed by atoms with Crippen molar-refractivity contribution in [3.05, 3.63) is 35.9 Å². The van der Waals surface area contributed by atoms with Crippen molar-refractivity contribution in [3.63, 3.8) is 0 Å². The van der Waals surface area contributed by atoms with Crippen molar-refractivity contribution in [2.24, 2.45) is 0 Å². The molecule has 2 aliphatic rings. The van der Waals surface area contributed by atoms with E-state index in [1.165, 1.54) is 63.8 Å². The maximum Gasteiger partial charge on any atom is 0.0309 e. The fourth-order valence-corrected chi connectivity index (χ4v) is 4.04. The Kier molecular flexibility index (Phi) is 4.42. The molecule has 1 unspecified atom stereocenters. The van der Waals surface area contributed by atoms with E-state index in [4.69, 9.17) is 0 Å². The van der Waals surface area contributed by atoms with Crippen LogP contribution in [-0.2, 0) is 0 Å². The highest BCUT2D eigenvalue weighted by atomic mass is 15.2. The van der Waals surface area contributed by atoms with Gasteiger partial charge in [0, 0.05) is 31.7 Å². The normalized spacial score (nSPS) is 24.6. The summed E-state index contributed by atoms with van der Waals surface area (Å²) in [4.78, 5) is 2.69. The van der Waals surface area contributed by atoms with Crippen molar-refractivity contribution in [2.45, 2.75) is 50.5 Å². The van der Waals surface area contributed by atoms with E-state index in [1.807, 2.05) is 0 Å². The first-order valence-corrected chi connectivity index (χ1v) is 8.30. The molecule has 0 amide bonds. The molecule has 1 heterocycles. The lowest BCUT2D eigenvalue weighted by Crippen LogP contribution is -2.61.